The zero-order valence-electron chi connectivity index (χ0n) is 13.4. The normalized spacial score (nSPS) is 20.4. The van der Waals surface area contributed by atoms with Crippen LogP contribution in [0, 0.1) is 25.2 Å². The Labute approximate surface area is 134 Å². The van der Waals surface area contributed by atoms with Gasteiger partial charge in [0, 0.05) is 31.1 Å². The van der Waals surface area contributed by atoms with E-state index in [0.717, 1.165) is 23.4 Å². The highest BCUT2D eigenvalue weighted by Crippen LogP contribution is 2.33. The molecule has 0 aromatic carbocycles. The molecule has 0 aliphatic carbocycles. The van der Waals surface area contributed by atoms with Crippen molar-refractivity contribution < 1.29 is 9.53 Å². The standard InChI is InChI=1S/C16H19N5O2/c1-9-14(10(2)21(3)20-9)15-12(4-5-23-15)19-16(22)13-6-11(7-17)8-18-13/h6,8,12,15,18H,4-5H2,1-3H3,(H,19,22)/t12-,15-/m0/s1. The molecule has 0 saturated carbocycles. The van der Waals surface area contributed by atoms with Gasteiger partial charge in [0.2, 0.25) is 0 Å². The van der Waals surface area contributed by atoms with Crippen LogP contribution in [0.4, 0.5) is 0 Å². The summed E-state index contributed by atoms with van der Waals surface area (Å²) in [6, 6.07) is 3.43. The largest absolute Gasteiger partial charge is 0.371 e. The van der Waals surface area contributed by atoms with Crippen molar-refractivity contribution in [2.24, 2.45) is 7.05 Å². The highest BCUT2D eigenvalue weighted by Gasteiger charge is 2.34. The summed E-state index contributed by atoms with van der Waals surface area (Å²) < 4.78 is 7.69. The molecule has 0 radical (unpaired) electrons. The van der Waals surface area contributed by atoms with Crippen molar-refractivity contribution in [3.63, 3.8) is 0 Å². The second kappa shape index (κ2) is 5.89. The van der Waals surface area contributed by atoms with Crippen molar-refractivity contribution >= 4 is 5.91 Å². The molecule has 1 fully saturated rings. The number of amides is 1. The van der Waals surface area contributed by atoms with Crippen LogP contribution < -0.4 is 5.32 Å². The van der Waals surface area contributed by atoms with Crippen molar-refractivity contribution in [2.75, 3.05) is 6.61 Å². The molecule has 120 valence electrons. The Balaban J connectivity index is 1.79. The maximum absolute atomic E-state index is 12.4. The van der Waals surface area contributed by atoms with Gasteiger partial charge in [-0.2, -0.15) is 10.4 Å². The fraction of sp³-hybridized carbons (Fsp3) is 0.438. The van der Waals surface area contributed by atoms with E-state index in [9.17, 15) is 4.79 Å². The lowest BCUT2D eigenvalue weighted by Crippen LogP contribution is -2.37. The van der Waals surface area contributed by atoms with E-state index in [0.29, 0.717) is 17.9 Å². The zero-order chi connectivity index (χ0) is 16.6. The quantitative estimate of drug-likeness (QED) is 0.897. The highest BCUT2D eigenvalue weighted by atomic mass is 16.5. The molecule has 1 aliphatic heterocycles. The van der Waals surface area contributed by atoms with Crippen LogP contribution in [-0.4, -0.2) is 33.3 Å². The molecule has 2 aromatic rings. The minimum absolute atomic E-state index is 0.113. The van der Waals surface area contributed by atoms with Crippen LogP contribution in [0.3, 0.4) is 0 Å². The summed E-state index contributed by atoms with van der Waals surface area (Å²) >= 11 is 0. The molecule has 1 aliphatic rings. The van der Waals surface area contributed by atoms with Crippen molar-refractivity contribution in [1.29, 1.82) is 5.26 Å². The first-order chi connectivity index (χ1) is 11.0. The minimum Gasteiger partial charge on any atom is -0.371 e. The van der Waals surface area contributed by atoms with Gasteiger partial charge in [-0.05, 0) is 26.3 Å². The Morgan fingerprint density at radius 1 is 1.57 bits per heavy atom. The molecule has 7 nitrogen and oxygen atoms in total. The van der Waals surface area contributed by atoms with Gasteiger partial charge in [-0.25, -0.2) is 0 Å². The third-order valence-electron chi connectivity index (χ3n) is 4.31. The Kier molecular flexibility index (Phi) is 3.92. The first-order valence-electron chi connectivity index (χ1n) is 7.52. The molecular weight excluding hydrogens is 294 g/mol. The Morgan fingerprint density at radius 3 is 2.96 bits per heavy atom. The highest BCUT2D eigenvalue weighted by molar-refractivity contribution is 5.93. The molecule has 0 bridgehead atoms. The average Bonchev–Trinajstić information content (AvgIpc) is 3.21. The zero-order valence-corrected chi connectivity index (χ0v) is 13.4. The van der Waals surface area contributed by atoms with E-state index in [1.807, 2.05) is 31.6 Å². The first-order valence-corrected chi connectivity index (χ1v) is 7.52. The van der Waals surface area contributed by atoms with E-state index >= 15 is 0 Å². The smallest absolute Gasteiger partial charge is 0.268 e. The third-order valence-corrected chi connectivity index (χ3v) is 4.31. The monoisotopic (exact) mass is 313 g/mol. The average molecular weight is 313 g/mol. The van der Waals surface area contributed by atoms with Crippen LogP contribution in [-0.2, 0) is 11.8 Å². The lowest BCUT2D eigenvalue weighted by molar-refractivity contribution is 0.0814. The number of aromatic amines is 1. The first kappa shape index (κ1) is 15.3. The molecule has 23 heavy (non-hydrogen) atoms. The van der Waals surface area contributed by atoms with E-state index in [-0.39, 0.29) is 18.1 Å². The fourth-order valence-electron chi connectivity index (χ4n) is 3.06. The number of carbonyl (C=O) groups is 1. The van der Waals surface area contributed by atoms with Gasteiger partial charge in [-0.15, -0.1) is 0 Å². The van der Waals surface area contributed by atoms with Crippen LogP contribution in [0.2, 0.25) is 0 Å². The van der Waals surface area contributed by atoms with Crippen LogP contribution in [0.25, 0.3) is 0 Å². The Morgan fingerprint density at radius 2 is 2.35 bits per heavy atom. The molecule has 2 atom stereocenters. The maximum Gasteiger partial charge on any atom is 0.268 e. The number of rotatable bonds is 3. The van der Waals surface area contributed by atoms with E-state index < -0.39 is 0 Å². The van der Waals surface area contributed by atoms with Gasteiger partial charge in [0.05, 0.1) is 17.3 Å². The number of H-pyrrole nitrogens is 1. The van der Waals surface area contributed by atoms with Crippen molar-refractivity contribution in [3.8, 4) is 6.07 Å². The number of aromatic nitrogens is 3. The van der Waals surface area contributed by atoms with Gasteiger partial charge < -0.3 is 15.0 Å². The molecule has 7 heteroatoms. The summed E-state index contributed by atoms with van der Waals surface area (Å²) in [4.78, 5) is 15.2. The fourth-order valence-corrected chi connectivity index (χ4v) is 3.06. The SMILES string of the molecule is Cc1nn(C)c(C)c1[C@H]1OCC[C@@H]1NC(=O)c1cc(C#N)c[nH]1. The lowest BCUT2D eigenvalue weighted by Gasteiger charge is -2.20. The molecule has 0 spiro atoms. The van der Waals surface area contributed by atoms with Crippen LogP contribution in [0.15, 0.2) is 12.3 Å². The summed E-state index contributed by atoms with van der Waals surface area (Å²) in [6.07, 6.45) is 2.07. The van der Waals surface area contributed by atoms with Gasteiger partial charge in [0.1, 0.15) is 17.9 Å². The van der Waals surface area contributed by atoms with Gasteiger partial charge >= 0.3 is 0 Å². The van der Waals surface area contributed by atoms with Gasteiger partial charge in [-0.3, -0.25) is 9.48 Å². The van der Waals surface area contributed by atoms with E-state index in [1.165, 1.54) is 6.20 Å². The molecule has 3 rings (SSSR count). The minimum atomic E-state index is -0.230. The van der Waals surface area contributed by atoms with Crippen LogP contribution in [0.5, 0.6) is 0 Å². The molecular formula is C16H19N5O2. The number of ether oxygens (including phenoxy) is 1. The predicted octanol–water partition coefficient (Wildman–Crippen LogP) is 1.50. The number of carbonyl (C=O) groups excluding carboxylic acids is 1. The topological polar surface area (TPSA) is 95.7 Å². The Bertz CT molecular complexity index is 783. The molecule has 1 saturated heterocycles. The number of hydrogen-bond donors (Lipinski definition) is 2. The van der Waals surface area contributed by atoms with E-state index in [4.69, 9.17) is 10.00 Å². The molecule has 0 unspecified atom stereocenters. The summed E-state index contributed by atoms with van der Waals surface area (Å²) in [5.41, 5.74) is 3.82. The molecule has 1 amide bonds. The third kappa shape index (κ3) is 2.73. The van der Waals surface area contributed by atoms with Crippen molar-refractivity contribution in [2.45, 2.75) is 32.4 Å². The lowest BCUT2D eigenvalue weighted by atomic mass is 10.00. The summed E-state index contributed by atoms with van der Waals surface area (Å²) in [5, 5.41) is 16.3. The van der Waals surface area contributed by atoms with Crippen molar-refractivity contribution in [3.05, 3.63) is 40.5 Å². The maximum atomic E-state index is 12.4. The summed E-state index contributed by atoms with van der Waals surface area (Å²) in [6.45, 7) is 4.55. The predicted molar refractivity (Wildman–Crippen MR) is 82.8 cm³/mol. The number of aryl methyl sites for hydroxylation is 2. The summed E-state index contributed by atoms with van der Waals surface area (Å²) in [5.74, 6) is -0.230. The molecule has 2 N–H and O–H groups in total. The van der Waals surface area contributed by atoms with E-state index in [1.54, 1.807) is 6.07 Å². The molecule has 3 heterocycles. The van der Waals surface area contributed by atoms with Gasteiger partial charge in [-0.1, -0.05) is 0 Å². The van der Waals surface area contributed by atoms with Crippen molar-refractivity contribution in [1.82, 2.24) is 20.1 Å². The molecule has 2 aromatic heterocycles. The van der Waals surface area contributed by atoms with Gasteiger partial charge in [0.25, 0.3) is 5.91 Å². The number of nitriles is 1. The number of nitrogens with zero attached hydrogens (tertiary/aromatic N) is 3. The van der Waals surface area contributed by atoms with Crippen LogP contribution in [0.1, 0.15) is 45.5 Å². The second-order valence-corrected chi connectivity index (χ2v) is 5.78. The number of nitrogens with one attached hydrogen (secondary N) is 2. The van der Waals surface area contributed by atoms with Crippen LogP contribution >= 0.6 is 0 Å². The van der Waals surface area contributed by atoms with Gasteiger partial charge in [0.15, 0.2) is 0 Å². The Hall–Kier alpha value is -2.59. The summed E-state index contributed by atoms with van der Waals surface area (Å²) in [7, 11) is 1.90. The number of hydrogen-bond acceptors (Lipinski definition) is 4. The van der Waals surface area contributed by atoms with E-state index in [2.05, 4.69) is 15.4 Å². The second-order valence-electron chi connectivity index (χ2n) is 5.78.